The molecule has 0 spiro atoms. The summed E-state index contributed by atoms with van der Waals surface area (Å²) in [7, 11) is 0. The lowest BCUT2D eigenvalue weighted by Crippen LogP contribution is -2.42. The van der Waals surface area contributed by atoms with Crippen molar-refractivity contribution in [2.45, 2.75) is 18.9 Å². The topological polar surface area (TPSA) is 36.3 Å². The van der Waals surface area contributed by atoms with Gasteiger partial charge in [-0.1, -0.05) is 6.08 Å². The lowest BCUT2D eigenvalue weighted by Gasteiger charge is -2.29. The van der Waals surface area contributed by atoms with Crippen molar-refractivity contribution in [2.75, 3.05) is 26.2 Å². The molecule has 0 aliphatic carbocycles. The molecule has 72 valence electrons. The van der Waals surface area contributed by atoms with E-state index in [4.69, 9.17) is 10.00 Å². The zero-order chi connectivity index (χ0) is 9.52. The van der Waals surface area contributed by atoms with Crippen molar-refractivity contribution < 1.29 is 4.74 Å². The first-order valence-corrected chi connectivity index (χ1v) is 4.71. The Bertz CT molecular complexity index is 198. The Morgan fingerprint density at radius 2 is 2.54 bits per heavy atom. The van der Waals surface area contributed by atoms with Crippen molar-refractivity contribution in [1.29, 1.82) is 5.26 Å². The van der Waals surface area contributed by atoms with Gasteiger partial charge in [0.05, 0.1) is 12.7 Å². The van der Waals surface area contributed by atoms with Gasteiger partial charge in [-0.25, -0.2) is 0 Å². The van der Waals surface area contributed by atoms with Gasteiger partial charge in [-0.2, -0.15) is 5.26 Å². The molecule has 0 radical (unpaired) electrons. The SMILES string of the molecule is C=CCCCN1CCOC(C#N)C1. The van der Waals surface area contributed by atoms with Crippen LogP contribution in [0.1, 0.15) is 12.8 Å². The summed E-state index contributed by atoms with van der Waals surface area (Å²) in [6.07, 6.45) is 3.89. The van der Waals surface area contributed by atoms with Crippen molar-refractivity contribution in [2.24, 2.45) is 0 Å². The summed E-state index contributed by atoms with van der Waals surface area (Å²) in [5.74, 6) is 0. The second-order valence-electron chi connectivity index (χ2n) is 3.22. The smallest absolute Gasteiger partial charge is 0.156 e. The maximum Gasteiger partial charge on any atom is 0.156 e. The van der Waals surface area contributed by atoms with Gasteiger partial charge in [0.2, 0.25) is 0 Å². The van der Waals surface area contributed by atoms with Gasteiger partial charge in [-0.05, 0) is 19.4 Å². The molecular formula is C10H16N2O. The van der Waals surface area contributed by atoms with Crippen LogP contribution in [0.3, 0.4) is 0 Å². The molecule has 1 atom stereocenters. The minimum Gasteiger partial charge on any atom is -0.361 e. The van der Waals surface area contributed by atoms with Crippen LogP contribution in [-0.2, 0) is 4.74 Å². The Morgan fingerprint density at radius 3 is 3.23 bits per heavy atom. The first-order chi connectivity index (χ1) is 6.36. The number of morpholine rings is 1. The summed E-state index contributed by atoms with van der Waals surface area (Å²) in [6.45, 7) is 7.13. The molecule has 0 aromatic carbocycles. The van der Waals surface area contributed by atoms with Crippen LogP contribution >= 0.6 is 0 Å². The molecule has 1 rings (SSSR count). The maximum atomic E-state index is 8.66. The van der Waals surface area contributed by atoms with Crippen LogP contribution < -0.4 is 0 Å². The quantitative estimate of drug-likeness (QED) is 0.481. The minimum absolute atomic E-state index is 0.225. The van der Waals surface area contributed by atoms with Gasteiger partial charge < -0.3 is 4.74 Å². The van der Waals surface area contributed by atoms with Crippen LogP contribution in [0.25, 0.3) is 0 Å². The second kappa shape index (κ2) is 5.74. The highest BCUT2D eigenvalue weighted by Gasteiger charge is 2.18. The molecule has 0 N–H and O–H groups in total. The summed E-state index contributed by atoms with van der Waals surface area (Å²) >= 11 is 0. The normalized spacial score (nSPS) is 23.8. The highest BCUT2D eigenvalue weighted by Crippen LogP contribution is 2.05. The molecule has 0 aromatic heterocycles. The first-order valence-electron chi connectivity index (χ1n) is 4.71. The molecule has 0 saturated carbocycles. The number of allylic oxidation sites excluding steroid dienone is 1. The van der Waals surface area contributed by atoms with Crippen molar-refractivity contribution in [3.05, 3.63) is 12.7 Å². The molecule has 1 unspecified atom stereocenters. The van der Waals surface area contributed by atoms with E-state index in [1.165, 1.54) is 0 Å². The van der Waals surface area contributed by atoms with Crippen LogP contribution in [-0.4, -0.2) is 37.2 Å². The average Bonchev–Trinajstić information content (AvgIpc) is 2.19. The van der Waals surface area contributed by atoms with E-state index in [-0.39, 0.29) is 6.10 Å². The van der Waals surface area contributed by atoms with Crippen molar-refractivity contribution in [3.63, 3.8) is 0 Å². The molecule has 3 nitrogen and oxygen atoms in total. The second-order valence-corrected chi connectivity index (χ2v) is 3.22. The third-order valence-electron chi connectivity index (χ3n) is 2.18. The summed E-state index contributed by atoms with van der Waals surface area (Å²) in [4.78, 5) is 2.28. The standard InChI is InChI=1S/C10H16N2O/c1-2-3-4-5-12-6-7-13-10(8-11)9-12/h2,10H,1,3-7,9H2. The number of hydrogen-bond donors (Lipinski definition) is 0. The Hall–Kier alpha value is -0.850. The minimum atomic E-state index is -0.225. The molecule has 1 fully saturated rings. The molecular weight excluding hydrogens is 164 g/mol. The number of nitrogens with zero attached hydrogens (tertiary/aromatic N) is 2. The molecule has 1 saturated heterocycles. The number of unbranched alkanes of at least 4 members (excludes halogenated alkanes) is 1. The zero-order valence-corrected chi connectivity index (χ0v) is 7.91. The van der Waals surface area contributed by atoms with Crippen LogP contribution in [0.4, 0.5) is 0 Å². The number of nitriles is 1. The van der Waals surface area contributed by atoms with E-state index in [1.807, 2.05) is 6.08 Å². The molecule has 0 amide bonds. The predicted molar refractivity (Wildman–Crippen MR) is 51.2 cm³/mol. The van der Waals surface area contributed by atoms with Crippen molar-refractivity contribution in [1.82, 2.24) is 4.90 Å². The Labute approximate surface area is 79.6 Å². The fourth-order valence-electron chi connectivity index (χ4n) is 1.44. The number of ether oxygens (including phenoxy) is 1. The molecule has 3 heteroatoms. The van der Waals surface area contributed by atoms with E-state index in [0.29, 0.717) is 6.61 Å². The molecule has 0 bridgehead atoms. The molecule has 13 heavy (non-hydrogen) atoms. The first kappa shape index (κ1) is 10.2. The highest BCUT2D eigenvalue weighted by atomic mass is 16.5. The molecule has 1 heterocycles. The van der Waals surface area contributed by atoms with Crippen LogP contribution in [0, 0.1) is 11.3 Å². The monoisotopic (exact) mass is 180 g/mol. The third-order valence-corrected chi connectivity index (χ3v) is 2.18. The Balaban J connectivity index is 2.19. The summed E-state index contributed by atoms with van der Waals surface area (Å²) in [5.41, 5.74) is 0. The predicted octanol–water partition coefficient (Wildman–Crippen LogP) is 1.18. The molecule has 1 aliphatic heterocycles. The van der Waals surface area contributed by atoms with Crippen molar-refractivity contribution >= 4 is 0 Å². The Morgan fingerprint density at radius 1 is 1.69 bits per heavy atom. The lowest BCUT2D eigenvalue weighted by molar-refractivity contribution is 0.000347. The van der Waals surface area contributed by atoms with E-state index < -0.39 is 0 Å². The fraction of sp³-hybridized carbons (Fsp3) is 0.700. The Kier molecular flexibility index (Phi) is 4.52. The third kappa shape index (κ3) is 3.58. The maximum absolute atomic E-state index is 8.66. The largest absolute Gasteiger partial charge is 0.361 e. The molecule has 1 aliphatic rings. The molecule has 0 aromatic rings. The average molecular weight is 180 g/mol. The van der Waals surface area contributed by atoms with Gasteiger partial charge in [-0.15, -0.1) is 6.58 Å². The van der Waals surface area contributed by atoms with E-state index in [9.17, 15) is 0 Å². The highest BCUT2D eigenvalue weighted by molar-refractivity contribution is 4.89. The number of hydrogen-bond acceptors (Lipinski definition) is 3. The summed E-state index contributed by atoms with van der Waals surface area (Å²) in [5, 5.41) is 8.66. The zero-order valence-electron chi connectivity index (χ0n) is 7.91. The van der Waals surface area contributed by atoms with Gasteiger partial charge in [-0.3, -0.25) is 4.90 Å². The van der Waals surface area contributed by atoms with E-state index in [2.05, 4.69) is 17.5 Å². The van der Waals surface area contributed by atoms with Gasteiger partial charge in [0.25, 0.3) is 0 Å². The van der Waals surface area contributed by atoms with Gasteiger partial charge in [0.1, 0.15) is 0 Å². The number of rotatable bonds is 4. The summed E-state index contributed by atoms with van der Waals surface area (Å²) in [6, 6.07) is 2.14. The van der Waals surface area contributed by atoms with E-state index in [1.54, 1.807) is 0 Å². The van der Waals surface area contributed by atoms with Gasteiger partial charge in [0.15, 0.2) is 6.10 Å². The van der Waals surface area contributed by atoms with Crippen LogP contribution in [0.2, 0.25) is 0 Å². The van der Waals surface area contributed by atoms with Gasteiger partial charge >= 0.3 is 0 Å². The van der Waals surface area contributed by atoms with E-state index in [0.717, 1.165) is 32.5 Å². The van der Waals surface area contributed by atoms with Gasteiger partial charge in [0, 0.05) is 13.1 Å². The van der Waals surface area contributed by atoms with E-state index >= 15 is 0 Å². The lowest BCUT2D eigenvalue weighted by atomic mass is 10.2. The summed E-state index contributed by atoms with van der Waals surface area (Å²) < 4.78 is 5.24. The van der Waals surface area contributed by atoms with Crippen LogP contribution in [0.5, 0.6) is 0 Å². The van der Waals surface area contributed by atoms with Crippen LogP contribution in [0.15, 0.2) is 12.7 Å². The van der Waals surface area contributed by atoms with Crippen molar-refractivity contribution in [3.8, 4) is 6.07 Å². The fourth-order valence-corrected chi connectivity index (χ4v) is 1.44.